The number of carbonyl (C=O) groups excluding carboxylic acids is 1. The first kappa shape index (κ1) is 15.2. The van der Waals surface area contributed by atoms with Crippen LogP contribution in [0.5, 0.6) is 5.75 Å². The highest BCUT2D eigenvalue weighted by Gasteiger charge is 2.20. The Morgan fingerprint density at radius 2 is 2.10 bits per heavy atom. The Bertz CT molecular complexity index is 462. The van der Waals surface area contributed by atoms with Crippen LogP contribution in [0.4, 0.5) is 8.78 Å². The molecule has 1 saturated heterocycles. The van der Waals surface area contributed by atoms with Gasteiger partial charge in [0.15, 0.2) is 0 Å². The summed E-state index contributed by atoms with van der Waals surface area (Å²) in [6, 6.07) is 4.63. The van der Waals surface area contributed by atoms with Gasteiger partial charge in [0.2, 0.25) is 0 Å². The van der Waals surface area contributed by atoms with Crippen molar-refractivity contribution in [3.63, 3.8) is 0 Å². The minimum atomic E-state index is -2.85. The lowest BCUT2D eigenvalue weighted by atomic mass is 9.98. The smallest absolute Gasteiger partial charge is 0.387 e. The molecule has 0 aromatic heterocycles. The third-order valence-electron chi connectivity index (χ3n) is 3.46. The fraction of sp³-hybridized carbons (Fsp3) is 0.500. The summed E-state index contributed by atoms with van der Waals surface area (Å²) in [5.74, 6) is 0.268. The normalized spacial score (nSPS) is 17.4. The average Bonchev–Trinajstić information content (AvgIpc) is 2.42. The Kier molecular flexibility index (Phi) is 5.31. The number of likely N-dealkylation sites (tertiary alicyclic amines) is 1. The molecule has 1 aromatic carbocycles. The fourth-order valence-corrected chi connectivity index (χ4v) is 2.57. The van der Waals surface area contributed by atoms with Crippen LogP contribution in [0.2, 0.25) is 5.02 Å². The van der Waals surface area contributed by atoms with Gasteiger partial charge in [0.05, 0.1) is 0 Å². The van der Waals surface area contributed by atoms with Crippen molar-refractivity contribution in [3.05, 3.63) is 28.8 Å². The van der Waals surface area contributed by atoms with Gasteiger partial charge in [-0.1, -0.05) is 11.6 Å². The number of rotatable bonds is 5. The summed E-state index contributed by atoms with van der Waals surface area (Å²) in [4.78, 5) is 12.8. The molecule has 110 valence electrons. The molecular formula is C14H16ClF2NO2. The van der Waals surface area contributed by atoms with Gasteiger partial charge < -0.3 is 9.53 Å². The average molecular weight is 304 g/mol. The lowest BCUT2D eigenvalue weighted by molar-refractivity contribution is -0.112. The van der Waals surface area contributed by atoms with Gasteiger partial charge in [-0.2, -0.15) is 8.78 Å². The molecule has 0 N–H and O–H groups in total. The van der Waals surface area contributed by atoms with Crippen molar-refractivity contribution in [2.45, 2.75) is 26.0 Å². The molecule has 0 saturated carbocycles. The van der Waals surface area contributed by atoms with Crippen molar-refractivity contribution in [2.24, 2.45) is 5.92 Å². The second-order valence-electron chi connectivity index (χ2n) is 4.88. The second kappa shape index (κ2) is 6.99. The van der Waals surface area contributed by atoms with Crippen LogP contribution in [-0.2, 0) is 11.3 Å². The predicted octanol–water partition coefficient (Wildman–Crippen LogP) is 3.35. The Hall–Kier alpha value is -1.20. The van der Waals surface area contributed by atoms with E-state index in [9.17, 15) is 13.6 Å². The summed E-state index contributed by atoms with van der Waals surface area (Å²) in [7, 11) is 0. The van der Waals surface area contributed by atoms with E-state index in [2.05, 4.69) is 9.64 Å². The van der Waals surface area contributed by atoms with Crippen molar-refractivity contribution >= 4 is 17.9 Å². The lowest BCUT2D eigenvalue weighted by Gasteiger charge is -2.30. The van der Waals surface area contributed by atoms with Crippen molar-refractivity contribution in [3.8, 4) is 5.75 Å². The Labute approximate surface area is 121 Å². The molecule has 0 aliphatic carbocycles. The van der Waals surface area contributed by atoms with Crippen LogP contribution in [0.1, 0.15) is 18.4 Å². The van der Waals surface area contributed by atoms with E-state index in [1.807, 2.05) is 0 Å². The van der Waals surface area contributed by atoms with E-state index in [-0.39, 0.29) is 11.7 Å². The van der Waals surface area contributed by atoms with E-state index in [0.29, 0.717) is 17.1 Å². The highest BCUT2D eigenvalue weighted by atomic mass is 35.5. The molecule has 3 nitrogen and oxygen atoms in total. The van der Waals surface area contributed by atoms with Gasteiger partial charge in [0, 0.05) is 23.0 Å². The predicted molar refractivity (Wildman–Crippen MR) is 72.1 cm³/mol. The zero-order valence-electron chi connectivity index (χ0n) is 10.9. The van der Waals surface area contributed by atoms with Crippen LogP contribution >= 0.6 is 11.6 Å². The van der Waals surface area contributed by atoms with Gasteiger partial charge in [-0.3, -0.25) is 4.90 Å². The zero-order chi connectivity index (χ0) is 14.5. The third kappa shape index (κ3) is 4.15. The number of piperidine rings is 1. The molecule has 20 heavy (non-hydrogen) atoms. The van der Waals surface area contributed by atoms with Crippen molar-refractivity contribution < 1.29 is 18.3 Å². The number of ether oxygens (including phenoxy) is 1. The standard InChI is InChI=1S/C14H16ClF2NO2/c15-12-1-2-13(20-14(16)17)11(7-12)8-18-5-3-10(9-19)4-6-18/h1-2,7,9-10,14H,3-6,8H2. The Morgan fingerprint density at radius 3 is 2.70 bits per heavy atom. The number of benzene rings is 1. The largest absolute Gasteiger partial charge is 0.434 e. The van der Waals surface area contributed by atoms with Crippen molar-refractivity contribution in [1.82, 2.24) is 4.90 Å². The monoisotopic (exact) mass is 303 g/mol. The molecule has 2 rings (SSSR count). The van der Waals surface area contributed by atoms with Gasteiger partial charge in [-0.05, 0) is 44.1 Å². The SMILES string of the molecule is O=CC1CCN(Cc2cc(Cl)ccc2OC(F)F)CC1. The van der Waals surface area contributed by atoms with Crippen molar-refractivity contribution in [1.29, 1.82) is 0 Å². The molecule has 0 spiro atoms. The Morgan fingerprint density at radius 1 is 1.40 bits per heavy atom. The maximum absolute atomic E-state index is 12.4. The zero-order valence-corrected chi connectivity index (χ0v) is 11.7. The first-order valence-electron chi connectivity index (χ1n) is 6.49. The number of hydrogen-bond donors (Lipinski definition) is 0. The highest BCUT2D eigenvalue weighted by Crippen LogP contribution is 2.27. The van der Waals surface area contributed by atoms with Crippen LogP contribution in [-0.4, -0.2) is 30.9 Å². The molecule has 1 aliphatic heterocycles. The first-order valence-corrected chi connectivity index (χ1v) is 6.87. The van der Waals surface area contributed by atoms with Crippen LogP contribution in [0, 0.1) is 5.92 Å². The van der Waals surface area contributed by atoms with E-state index >= 15 is 0 Å². The van der Waals surface area contributed by atoms with E-state index in [4.69, 9.17) is 11.6 Å². The number of carbonyl (C=O) groups is 1. The van der Waals surface area contributed by atoms with Gasteiger partial charge in [0.1, 0.15) is 12.0 Å². The molecule has 1 aromatic rings. The Balaban J connectivity index is 2.04. The molecule has 0 bridgehead atoms. The molecule has 1 aliphatic rings. The molecule has 0 amide bonds. The molecule has 0 unspecified atom stereocenters. The molecule has 6 heteroatoms. The molecule has 0 atom stereocenters. The van der Waals surface area contributed by atoms with Gasteiger partial charge in [-0.25, -0.2) is 0 Å². The lowest BCUT2D eigenvalue weighted by Crippen LogP contribution is -2.33. The number of hydrogen-bond acceptors (Lipinski definition) is 3. The van der Waals surface area contributed by atoms with Gasteiger partial charge in [0.25, 0.3) is 0 Å². The topological polar surface area (TPSA) is 29.5 Å². The first-order chi connectivity index (χ1) is 9.58. The summed E-state index contributed by atoms with van der Waals surface area (Å²) in [5.41, 5.74) is 0.641. The van der Waals surface area contributed by atoms with Gasteiger partial charge >= 0.3 is 6.61 Å². The van der Waals surface area contributed by atoms with Crippen molar-refractivity contribution in [2.75, 3.05) is 13.1 Å². The van der Waals surface area contributed by atoms with E-state index < -0.39 is 6.61 Å². The molecule has 1 heterocycles. The van der Waals surface area contributed by atoms with Gasteiger partial charge in [-0.15, -0.1) is 0 Å². The van der Waals surface area contributed by atoms with Crippen LogP contribution in [0.15, 0.2) is 18.2 Å². The van der Waals surface area contributed by atoms with Crippen LogP contribution in [0.3, 0.4) is 0 Å². The minimum absolute atomic E-state index is 0.113. The summed E-state index contributed by atoms with van der Waals surface area (Å²) < 4.78 is 29.2. The summed E-state index contributed by atoms with van der Waals surface area (Å²) in [6.45, 7) is -0.821. The summed E-state index contributed by atoms with van der Waals surface area (Å²) in [6.07, 6.45) is 2.59. The summed E-state index contributed by atoms with van der Waals surface area (Å²) >= 11 is 5.91. The number of alkyl halides is 2. The highest BCUT2D eigenvalue weighted by molar-refractivity contribution is 6.30. The summed E-state index contributed by atoms with van der Waals surface area (Å²) in [5, 5.41) is 0.490. The maximum atomic E-state index is 12.4. The molecule has 1 fully saturated rings. The molecule has 0 radical (unpaired) electrons. The quantitative estimate of drug-likeness (QED) is 0.781. The van der Waals surface area contributed by atoms with E-state index in [0.717, 1.165) is 32.2 Å². The van der Waals surface area contributed by atoms with Crippen LogP contribution in [0.25, 0.3) is 0 Å². The van der Waals surface area contributed by atoms with E-state index in [1.54, 1.807) is 6.07 Å². The molecular weight excluding hydrogens is 288 g/mol. The number of aldehydes is 1. The number of halogens is 3. The third-order valence-corrected chi connectivity index (χ3v) is 3.69. The van der Waals surface area contributed by atoms with E-state index in [1.165, 1.54) is 12.1 Å². The second-order valence-corrected chi connectivity index (χ2v) is 5.32. The number of nitrogens with zero attached hydrogens (tertiary/aromatic N) is 1. The maximum Gasteiger partial charge on any atom is 0.387 e. The van der Waals surface area contributed by atoms with Crippen LogP contribution < -0.4 is 4.74 Å². The minimum Gasteiger partial charge on any atom is -0.434 e. The fourth-order valence-electron chi connectivity index (χ4n) is 2.37.